The first-order valence-corrected chi connectivity index (χ1v) is 7.67. The molecule has 0 bridgehead atoms. The third-order valence-electron chi connectivity index (χ3n) is 3.67. The lowest BCUT2D eigenvalue weighted by atomic mass is 10.1. The molecule has 0 aliphatic heterocycles. The fraction of sp³-hybridized carbons (Fsp3) is 0.467. The van der Waals surface area contributed by atoms with E-state index in [4.69, 9.17) is 4.74 Å². The Hall–Kier alpha value is -1.11. The highest BCUT2D eigenvalue weighted by molar-refractivity contribution is 14.1. The van der Waals surface area contributed by atoms with Gasteiger partial charge in [0.2, 0.25) is 0 Å². The van der Waals surface area contributed by atoms with E-state index >= 15 is 0 Å². The molecular formula is C15H18INO3. The summed E-state index contributed by atoms with van der Waals surface area (Å²) >= 11 is 1.71. The van der Waals surface area contributed by atoms with Crippen LogP contribution in [0.25, 0.3) is 0 Å². The number of carbonyl (C=O) groups is 2. The van der Waals surface area contributed by atoms with E-state index in [-0.39, 0.29) is 15.3 Å². The van der Waals surface area contributed by atoms with Crippen LogP contribution < -0.4 is 5.32 Å². The summed E-state index contributed by atoms with van der Waals surface area (Å²) in [7, 11) is 0. The molecule has 1 aromatic rings. The van der Waals surface area contributed by atoms with Gasteiger partial charge in [-0.25, -0.2) is 4.79 Å². The molecule has 1 amide bonds. The van der Waals surface area contributed by atoms with Crippen molar-refractivity contribution in [1.29, 1.82) is 0 Å². The van der Waals surface area contributed by atoms with Gasteiger partial charge in [0.1, 0.15) is 0 Å². The summed E-state index contributed by atoms with van der Waals surface area (Å²) in [5, 5.41) is 2.79. The number of halogens is 1. The van der Waals surface area contributed by atoms with E-state index in [2.05, 4.69) is 5.32 Å². The van der Waals surface area contributed by atoms with Crippen molar-refractivity contribution in [3.63, 3.8) is 0 Å². The van der Waals surface area contributed by atoms with Crippen molar-refractivity contribution in [2.24, 2.45) is 5.41 Å². The quantitative estimate of drug-likeness (QED) is 0.365. The lowest BCUT2D eigenvalue weighted by molar-refractivity contribution is 0.0418. The Bertz CT molecular complexity index is 538. The van der Waals surface area contributed by atoms with Crippen molar-refractivity contribution in [2.45, 2.75) is 26.7 Å². The average molecular weight is 387 g/mol. The number of ether oxygens (including phenoxy) is 1. The molecule has 1 fully saturated rings. The first-order valence-electron chi connectivity index (χ1n) is 6.60. The van der Waals surface area contributed by atoms with Crippen LogP contribution >= 0.6 is 22.6 Å². The van der Waals surface area contributed by atoms with Gasteiger partial charge in [-0.1, -0.05) is 17.7 Å². The predicted molar refractivity (Wildman–Crippen MR) is 85.3 cm³/mol. The SMILES string of the molecule is Cc1ccc(C(=O)OCC2(CNC(=O)I)CC2)c(C)c1. The molecule has 0 radical (unpaired) electrons. The zero-order valence-corrected chi connectivity index (χ0v) is 13.8. The van der Waals surface area contributed by atoms with Crippen molar-refractivity contribution in [1.82, 2.24) is 5.32 Å². The number of amides is 1. The van der Waals surface area contributed by atoms with Gasteiger partial charge in [-0.3, -0.25) is 4.79 Å². The van der Waals surface area contributed by atoms with Crippen LogP contribution in [0.1, 0.15) is 34.3 Å². The van der Waals surface area contributed by atoms with Crippen molar-refractivity contribution in [3.05, 3.63) is 34.9 Å². The average Bonchev–Trinajstić information content (AvgIpc) is 3.14. The maximum absolute atomic E-state index is 12.1. The summed E-state index contributed by atoms with van der Waals surface area (Å²) in [5.74, 6) is -0.283. The second-order valence-electron chi connectivity index (χ2n) is 5.52. The van der Waals surface area contributed by atoms with E-state index in [0.29, 0.717) is 18.7 Å². The Morgan fingerprint density at radius 3 is 2.60 bits per heavy atom. The number of rotatable bonds is 5. The molecular weight excluding hydrogens is 369 g/mol. The zero-order valence-electron chi connectivity index (χ0n) is 11.7. The van der Waals surface area contributed by atoms with E-state index in [1.54, 1.807) is 28.7 Å². The van der Waals surface area contributed by atoms with Gasteiger partial charge in [0.25, 0.3) is 3.91 Å². The molecule has 1 aliphatic rings. The first-order chi connectivity index (χ1) is 9.42. The van der Waals surface area contributed by atoms with Gasteiger partial charge in [0.05, 0.1) is 12.2 Å². The van der Waals surface area contributed by atoms with Gasteiger partial charge in [0, 0.05) is 34.6 Å². The van der Waals surface area contributed by atoms with Crippen LogP contribution in [0.5, 0.6) is 0 Å². The van der Waals surface area contributed by atoms with Gasteiger partial charge >= 0.3 is 5.97 Å². The Kier molecular flexibility index (Phi) is 4.67. The van der Waals surface area contributed by atoms with E-state index in [0.717, 1.165) is 24.0 Å². The number of benzene rings is 1. The molecule has 1 saturated carbocycles. The molecule has 108 valence electrons. The summed E-state index contributed by atoms with van der Waals surface area (Å²) < 4.78 is 5.34. The minimum absolute atomic E-state index is 0.0465. The standard InChI is InChI=1S/C15H18INO3/c1-10-3-4-12(11(2)7-10)13(18)20-9-15(5-6-15)8-17-14(16)19/h3-4,7H,5-6,8-9H2,1-2H3,(H,17,19). The first kappa shape index (κ1) is 15.3. The maximum atomic E-state index is 12.1. The molecule has 1 aliphatic carbocycles. The number of hydrogen-bond donors (Lipinski definition) is 1. The molecule has 0 heterocycles. The summed E-state index contributed by atoms with van der Waals surface area (Å²) in [6, 6.07) is 5.69. The Balaban J connectivity index is 1.90. The van der Waals surface area contributed by atoms with Crippen LogP contribution in [0.3, 0.4) is 0 Å². The second kappa shape index (κ2) is 6.11. The summed E-state index contributed by atoms with van der Waals surface area (Å²) in [4.78, 5) is 23.0. The summed E-state index contributed by atoms with van der Waals surface area (Å²) in [5.41, 5.74) is 2.63. The highest BCUT2D eigenvalue weighted by atomic mass is 127. The molecule has 4 nitrogen and oxygen atoms in total. The number of hydrogen-bond acceptors (Lipinski definition) is 3. The lowest BCUT2D eigenvalue weighted by Gasteiger charge is -2.16. The minimum atomic E-state index is -0.283. The van der Waals surface area contributed by atoms with E-state index in [1.807, 2.05) is 26.0 Å². The van der Waals surface area contributed by atoms with E-state index in [9.17, 15) is 9.59 Å². The molecule has 0 unspecified atom stereocenters. The number of aryl methyl sites for hydroxylation is 2. The van der Waals surface area contributed by atoms with E-state index in [1.165, 1.54) is 0 Å². The monoisotopic (exact) mass is 387 g/mol. The van der Waals surface area contributed by atoms with Crippen molar-refractivity contribution in [3.8, 4) is 0 Å². The highest BCUT2D eigenvalue weighted by Crippen LogP contribution is 2.45. The molecule has 0 saturated heterocycles. The normalized spacial score (nSPS) is 15.6. The van der Waals surface area contributed by atoms with Crippen LogP contribution in [0.2, 0.25) is 0 Å². The van der Waals surface area contributed by atoms with Crippen molar-refractivity contribution >= 4 is 32.5 Å². The number of esters is 1. The van der Waals surface area contributed by atoms with Crippen molar-refractivity contribution < 1.29 is 14.3 Å². The molecule has 0 atom stereocenters. The van der Waals surface area contributed by atoms with Crippen molar-refractivity contribution in [2.75, 3.05) is 13.2 Å². The largest absolute Gasteiger partial charge is 0.461 e. The van der Waals surface area contributed by atoms with Gasteiger partial charge in [-0.2, -0.15) is 0 Å². The Morgan fingerprint density at radius 2 is 2.05 bits per heavy atom. The Labute approximate surface area is 132 Å². The van der Waals surface area contributed by atoms with E-state index < -0.39 is 0 Å². The summed E-state index contributed by atoms with van der Waals surface area (Å²) in [6.07, 6.45) is 1.98. The third-order valence-corrected chi connectivity index (χ3v) is 4.05. The second-order valence-corrected chi connectivity index (χ2v) is 6.50. The lowest BCUT2D eigenvalue weighted by Crippen LogP contribution is -2.29. The van der Waals surface area contributed by atoms with Gasteiger partial charge in [0.15, 0.2) is 0 Å². The molecule has 0 aromatic heterocycles. The van der Waals surface area contributed by atoms with Crippen LogP contribution in [0, 0.1) is 19.3 Å². The van der Waals surface area contributed by atoms with Gasteiger partial charge in [-0.15, -0.1) is 0 Å². The van der Waals surface area contributed by atoms with Crippen LogP contribution in [0.4, 0.5) is 4.79 Å². The minimum Gasteiger partial charge on any atom is -0.461 e. The summed E-state index contributed by atoms with van der Waals surface area (Å²) in [6.45, 7) is 4.85. The molecule has 1 N–H and O–H groups in total. The Morgan fingerprint density at radius 1 is 1.35 bits per heavy atom. The topological polar surface area (TPSA) is 55.4 Å². The fourth-order valence-electron chi connectivity index (χ4n) is 2.14. The molecule has 2 rings (SSSR count). The van der Waals surface area contributed by atoms with Crippen LogP contribution in [0.15, 0.2) is 18.2 Å². The fourth-order valence-corrected chi connectivity index (χ4v) is 2.34. The van der Waals surface area contributed by atoms with Crippen LogP contribution in [-0.2, 0) is 4.74 Å². The third kappa shape index (κ3) is 3.94. The number of nitrogens with one attached hydrogen (secondary N) is 1. The molecule has 1 aromatic carbocycles. The van der Waals surface area contributed by atoms with Gasteiger partial charge in [-0.05, 0) is 38.3 Å². The molecule has 5 heteroatoms. The zero-order chi connectivity index (χ0) is 14.8. The number of carbonyl (C=O) groups excluding carboxylic acids is 2. The maximum Gasteiger partial charge on any atom is 0.338 e. The van der Waals surface area contributed by atoms with Crippen LogP contribution in [-0.4, -0.2) is 23.0 Å². The smallest absolute Gasteiger partial charge is 0.338 e. The highest BCUT2D eigenvalue weighted by Gasteiger charge is 2.44. The molecule has 20 heavy (non-hydrogen) atoms. The van der Waals surface area contributed by atoms with Gasteiger partial charge < -0.3 is 10.1 Å². The predicted octanol–water partition coefficient (Wildman–Crippen LogP) is 3.39. The molecule has 0 spiro atoms.